The molecule has 2 aromatic carbocycles. The van der Waals surface area contributed by atoms with Crippen LogP contribution in [0.4, 0.5) is 8.78 Å². The number of aromatic nitrogens is 3. The van der Waals surface area contributed by atoms with Gasteiger partial charge in [0.1, 0.15) is 28.9 Å². The first-order chi connectivity index (χ1) is 17.3. The third kappa shape index (κ3) is 3.84. The van der Waals surface area contributed by atoms with Gasteiger partial charge in [0.25, 0.3) is 0 Å². The van der Waals surface area contributed by atoms with Gasteiger partial charge in [-0.15, -0.1) is 5.10 Å². The Kier molecular flexibility index (Phi) is 5.69. The number of rotatable bonds is 5. The number of hydrogen-bond donors (Lipinski definition) is 1. The summed E-state index contributed by atoms with van der Waals surface area (Å²) in [5.74, 6) is 1.17. The molecule has 0 bridgehead atoms. The maximum atomic E-state index is 14.1. The van der Waals surface area contributed by atoms with Gasteiger partial charge in [-0.05, 0) is 97.6 Å². The second-order valence-corrected chi connectivity index (χ2v) is 11.2. The molecular weight excluding hydrogens is 460 g/mol. The number of halogens is 2. The molecule has 1 N–H and O–H groups in total. The molecule has 188 valence electrons. The Morgan fingerprint density at radius 3 is 2.86 bits per heavy atom. The van der Waals surface area contributed by atoms with Crippen molar-refractivity contribution < 1.29 is 18.7 Å². The molecule has 7 heteroatoms. The summed E-state index contributed by atoms with van der Waals surface area (Å²) in [5.41, 5.74) is 3.02. The summed E-state index contributed by atoms with van der Waals surface area (Å²) in [5, 5.41) is 18.2. The monoisotopic (exact) mass is 491 g/mol. The van der Waals surface area contributed by atoms with Crippen LogP contribution in [0.2, 0.25) is 0 Å². The Bertz CT molecular complexity index is 1320. The summed E-state index contributed by atoms with van der Waals surface area (Å²) in [6.07, 6.45) is 8.15. The van der Waals surface area contributed by atoms with Crippen molar-refractivity contribution in [2.75, 3.05) is 0 Å². The molecule has 0 radical (unpaired) electrons. The third-order valence-electron chi connectivity index (χ3n) is 9.26. The standard InChI is InChI=1S/C29H31F2N3O2/c1-29-11-10-22-21-9-6-20(35)13-17(21)4-7-23(22)28(29)18(14-27(29)36)3-2-12-34-16-26(32-33-34)24-8-5-19(30)15-25(24)31/h5-6,8-9,13,15-16,18,22-23,28,35H,2-4,7,10-12,14H2,1H3/t18-,22-,23-,28+,29-/m1/s1. The fourth-order valence-corrected chi connectivity index (χ4v) is 7.64. The number of Topliss-reactive ketones (excluding diaryl/α,β-unsaturated/α-hetero) is 1. The lowest BCUT2D eigenvalue weighted by molar-refractivity contribution is -0.129. The summed E-state index contributed by atoms with van der Waals surface area (Å²) in [6, 6.07) is 9.27. The highest BCUT2D eigenvalue weighted by Gasteiger charge is 2.58. The number of phenols is 1. The Morgan fingerprint density at radius 2 is 2.03 bits per heavy atom. The summed E-state index contributed by atoms with van der Waals surface area (Å²) < 4.78 is 29.1. The predicted molar refractivity (Wildman–Crippen MR) is 131 cm³/mol. The van der Waals surface area contributed by atoms with Crippen molar-refractivity contribution in [3.8, 4) is 17.0 Å². The van der Waals surface area contributed by atoms with E-state index in [1.165, 1.54) is 23.3 Å². The Hall–Kier alpha value is -3.09. The molecule has 0 aliphatic heterocycles. The van der Waals surface area contributed by atoms with Gasteiger partial charge >= 0.3 is 0 Å². The molecule has 1 aromatic heterocycles. The molecule has 3 aliphatic rings. The molecule has 1 heterocycles. The van der Waals surface area contributed by atoms with Gasteiger partial charge in [0.2, 0.25) is 0 Å². The van der Waals surface area contributed by atoms with Crippen molar-refractivity contribution >= 4 is 5.78 Å². The number of hydrogen-bond acceptors (Lipinski definition) is 4. The first-order valence-corrected chi connectivity index (χ1v) is 13.0. The van der Waals surface area contributed by atoms with E-state index in [0.29, 0.717) is 53.9 Å². The van der Waals surface area contributed by atoms with Crippen molar-refractivity contribution in [1.29, 1.82) is 0 Å². The summed E-state index contributed by atoms with van der Waals surface area (Å²) >= 11 is 0. The summed E-state index contributed by atoms with van der Waals surface area (Å²) in [7, 11) is 0. The smallest absolute Gasteiger partial charge is 0.139 e. The fraction of sp³-hybridized carbons (Fsp3) is 0.483. The number of ketones is 1. The second kappa shape index (κ2) is 8.79. The lowest BCUT2D eigenvalue weighted by Gasteiger charge is -2.50. The van der Waals surface area contributed by atoms with Crippen LogP contribution < -0.4 is 0 Å². The number of carbonyl (C=O) groups is 1. The minimum absolute atomic E-state index is 0.235. The van der Waals surface area contributed by atoms with Gasteiger partial charge in [-0.25, -0.2) is 8.78 Å². The molecule has 36 heavy (non-hydrogen) atoms. The highest BCUT2D eigenvalue weighted by atomic mass is 19.1. The van der Waals surface area contributed by atoms with E-state index in [1.807, 2.05) is 6.07 Å². The lowest BCUT2D eigenvalue weighted by atomic mass is 9.54. The van der Waals surface area contributed by atoms with E-state index in [0.717, 1.165) is 44.6 Å². The molecule has 0 amide bonds. The van der Waals surface area contributed by atoms with Gasteiger partial charge < -0.3 is 5.11 Å². The van der Waals surface area contributed by atoms with Crippen LogP contribution in [0, 0.1) is 34.8 Å². The largest absolute Gasteiger partial charge is 0.508 e. The number of fused-ring (bicyclic) bond motifs is 5. The highest BCUT2D eigenvalue weighted by Crippen LogP contribution is 2.62. The van der Waals surface area contributed by atoms with Gasteiger partial charge in [0, 0.05) is 30.0 Å². The maximum absolute atomic E-state index is 14.1. The van der Waals surface area contributed by atoms with Gasteiger partial charge in [-0.3, -0.25) is 9.48 Å². The lowest BCUT2D eigenvalue weighted by Crippen LogP contribution is -2.44. The average Bonchev–Trinajstić information content (AvgIpc) is 3.41. The first-order valence-electron chi connectivity index (χ1n) is 13.0. The quantitative estimate of drug-likeness (QED) is 0.471. The molecule has 0 saturated heterocycles. The van der Waals surface area contributed by atoms with E-state index >= 15 is 0 Å². The van der Waals surface area contributed by atoms with Crippen LogP contribution in [-0.2, 0) is 17.8 Å². The second-order valence-electron chi connectivity index (χ2n) is 11.2. The molecular formula is C29H31F2N3O2. The number of nitrogens with zero attached hydrogens (tertiary/aromatic N) is 3. The van der Waals surface area contributed by atoms with Crippen molar-refractivity contribution in [2.45, 2.75) is 64.3 Å². The third-order valence-corrected chi connectivity index (χ3v) is 9.26. The Morgan fingerprint density at radius 1 is 1.17 bits per heavy atom. The zero-order valence-electron chi connectivity index (χ0n) is 20.5. The molecule has 3 aliphatic carbocycles. The van der Waals surface area contributed by atoms with E-state index in [9.17, 15) is 18.7 Å². The molecule has 0 unspecified atom stereocenters. The van der Waals surface area contributed by atoms with Crippen LogP contribution in [-0.4, -0.2) is 25.9 Å². The van der Waals surface area contributed by atoms with E-state index < -0.39 is 11.6 Å². The first kappa shape index (κ1) is 23.3. The topological polar surface area (TPSA) is 68.0 Å². The highest BCUT2D eigenvalue weighted by molar-refractivity contribution is 5.87. The molecule has 0 spiro atoms. The minimum atomic E-state index is -0.651. The summed E-state index contributed by atoms with van der Waals surface area (Å²) in [6.45, 7) is 2.84. The normalized spacial score (nSPS) is 29.0. The van der Waals surface area contributed by atoms with Gasteiger partial charge in [-0.2, -0.15) is 0 Å². The van der Waals surface area contributed by atoms with Crippen LogP contribution in [0.15, 0.2) is 42.6 Å². The van der Waals surface area contributed by atoms with Crippen LogP contribution >= 0.6 is 0 Å². The fourth-order valence-electron chi connectivity index (χ4n) is 7.64. The predicted octanol–water partition coefficient (Wildman–Crippen LogP) is 6.06. The van der Waals surface area contributed by atoms with Crippen molar-refractivity contribution in [1.82, 2.24) is 15.0 Å². The van der Waals surface area contributed by atoms with E-state index in [-0.39, 0.29) is 11.0 Å². The maximum Gasteiger partial charge on any atom is 0.139 e. The number of benzene rings is 2. The average molecular weight is 492 g/mol. The summed E-state index contributed by atoms with van der Waals surface area (Å²) in [4.78, 5) is 13.2. The Labute approximate surface area is 209 Å². The molecule has 5 nitrogen and oxygen atoms in total. The van der Waals surface area contributed by atoms with Crippen molar-refractivity contribution in [3.63, 3.8) is 0 Å². The van der Waals surface area contributed by atoms with Crippen LogP contribution in [0.25, 0.3) is 11.3 Å². The Balaban J connectivity index is 1.16. The number of carbonyl (C=O) groups excluding carboxylic acids is 1. The van der Waals surface area contributed by atoms with Crippen LogP contribution in [0.5, 0.6) is 5.75 Å². The SMILES string of the molecule is C[C@]12CC[C@@H]3c4ccc(O)cc4CC[C@H]3[C@@H]1[C@H](CCCn1cc(-c3ccc(F)cc3F)nn1)CC2=O. The van der Waals surface area contributed by atoms with Gasteiger partial charge in [0.05, 0.1) is 6.20 Å². The van der Waals surface area contributed by atoms with Crippen LogP contribution in [0.3, 0.4) is 0 Å². The molecule has 3 aromatic rings. The number of aryl methyl sites for hydroxylation is 2. The van der Waals surface area contributed by atoms with E-state index in [2.05, 4.69) is 23.3 Å². The molecule has 2 fully saturated rings. The van der Waals surface area contributed by atoms with Crippen molar-refractivity contribution in [3.05, 3.63) is 65.4 Å². The zero-order chi connectivity index (χ0) is 25.0. The van der Waals surface area contributed by atoms with Gasteiger partial charge in [-0.1, -0.05) is 18.2 Å². The van der Waals surface area contributed by atoms with E-state index in [4.69, 9.17) is 0 Å². The van der Waals surface area contributed by atoms with Crippen molar-refractivity contribution in [2.24, 2.45) is 23.2 Å². The molecule has 2 saturated carbocycles. The van der Waals surface area contributed by atoms with Crippen LogP contribution in [0.1, 0.15) is 62.5 Å². The van der Waals surface area contributed by atoms with E-state index in [1.54, 1.807) is 16.9 Å². The zero-order valence-corrected chi connectivity index (χ0v) is 20.5. The number of aromatic hydroxyl groups is 1. The minimum Gasteiger partial charge on any atom is -0.508 e. The van der Waals surface area contributed by atoms with Gasteiger partial charge in [0.15, 0.2) is 0 Å². The number of phenolic OH excluding ortho intramolecular Hbond substituents is 1. The molecule has 5 atom stereocenters. The molecule has 6 rings (SSSR count).